The molecular weight excluding hydrogens is 306 g/mol. The van der Waals surface area contributed by atoms with E-state index in [-0.39, 0.29) is 12.2 Å². The summed E-state index contributed by atoms with van der Waals surface area (Å²) in [6, 6.07) is 7.85. The highest BCUT2D eigenvalue weighted by atomic mass is 32.2. The molecule has 0 saturated heterocycles. The molecule has 0 fully saturated rings. The number of ether oxygens (including phenoxy) is 1. The zero-order valence-corrected chi connectivity index (χ0v) is 13.2. The van der Waals surface area contributed by atoms with Crippen LogP contribution in [0.5, 0.6) is 5.75 Å². The highest BCUT2D eigenvalue weighted by Gasteiger charge is 2.06. The van der Waals surface area contributed by atoms with E-state index >= 15 is 0 Å². The van der Waals surface area contributed by atoms with Crippen molar-refractivity contribution in [2.45, 2.75) is 32.9 Å². The van der Waals surface area contributed by atoms with Crippen LogP contribution in [0.25, 0.3) is 0 Å². The summed E-state index contributed by atoms with van der Waals surface area (Å²) in [5, 5.41) is 7.84. The average molecular weight is 325 g/mol. The van der Waals surface area contributed by atoms with E-state index in [9.17, 15) is 8.42 Å². The van der Waals surface area contributed by atoms with Crippen molar-refractivity contribution < 1.29 is 17.7 Å². The molecule has 22 heavy (non-hydrogen) atoms. The van der Waals surface area contributed by atoms with Crippen LogP contribution in [0.4, 0.5) is 0 Å². The Bertz CT molecular complexity index is 695. The van der Waals surface area contributed by atoms with Gasteiger partial charge in [-0.05, 0) is 30.5 Å². The van der Waals surface area contributed by atoms with Crippen LogP contribution in [0.15, 0.2) is 30.5 Å². The normalized spacial score (nSPS) is 11.5. The lowest BCUT2D eigenvalue weighted by Gasteiger charge is -2.04. The molecular formula is C14H19N3O4S. The van der Waals surface area contributed by atoms with Gasteiger partial charge in [-0.15, -0.1) is 5.10 Å². The summed E-state index contributed by atoms with van der Waals surface area (Å²) in [5.74, 6) is 0.473. The van der Waals surface area contributed by atoms with Crippen molar-refractivity contribution in [3.63, 3.8) is 0 Å². The van der Waals surface area contributed by atoms with Crippen LogP contribution in [0.1, 0.15) is 24.6 Å². The van der Waals surface area contributed by atoms with E-state index < -0.39 is 10.1 Å². The second kappa shape index (κ2) is 7.37. The number of aryl methyl sites for hydroxylation is 2. The molecule has 0 unspecified atom stereocenters. The van der Waals surface area contributed by atoms with Gasteiger partial charge in [0.05, 0.1) is 11.9 Å². The lowest BCUT2D eigenvalue weighted by molar-refractivity contribution is 0.301. The highest BCUT2D eigenvalue weighted by Crippen LogP contribution is 2.13. The number of benzene rings is 1. The quantitative estimate of drug-likeness (QED) is 0.742. The van der Waals surface area contributed by atoms with Crippen LogP contribution in [0.3, 0.4) is 0 Å². The second-order valence-electron chi connectivity index (χ2n) is 4.90. The monoisotopic (exact) mass is 325 g/mol. The standard InChI is InChI=1S/C14H19N3O4S/c1-2-12-4-6-14(7-5-12)21-11-13-10-17(16-15-13)8-3-9-22(18,19)20/h4-7,10H,2-3,8-9,11H2,1H3,(H,18,19,20). The number of aromatic nitrogens is 3. The zero-order valence-electron chi connectivity index (χ0n) is 12.3. The molecule has 0 bridgehead atoms. The summed E-state index contributed by atoms with van der Waals surface area (Å²) in [4.78, 5) is 0. The molecule has 1 aromatic heterocycles. The summed E-state index contributed by atoms with van der Waals surface area (Å²) in [5.41, 5.74) is 1.91. The molecule has 2 rings (SSSR count). The van der Waals surface area contributed by atoms with Crippen molar-refractivity contribution >= 4 is 10.1 Å². The van der Waals surface area contributed by atoms with E-state index in [0.29, 0.717) is 18.8 Å². The smallest absolute Gasteiger partial charge is 0.264 e. The summed E-state index contributed by atoms with van der Waals surface area (Å²) >= 11 is 0. The number of rotatable bonds is 8. The van der Waals surface area contributed by atoms with Crippen LogP contribution < -0.4 is 4.74 Å². The van der Waals surface area contributed by atoms with E-state index in [0.717, 1.165) is 12.2 Å². The maximum absolute atomic E-state index is 10.6. The topological polar surface area (TPSA) is 94.3 Å². The lowest BCUT2D eigenvalue weighted by Crippen LogP contribution is -2.08. The number of hydrogen-bond acceptors (Lipinski definition) is 5. The molecule has 0 spiro atoms. The molecule has 0 aliphatic carbocycles. The van der Waals surface area contributed by atoms with E-state index in [1.807, 2.05) is 24.3 Å². The summed E-state index contributed by atoms with van der Waals surface area (Å²) in [6.07, 6.45) is 2.96. The first-order valence-corrected chi connectivity index (χ1v) is 8.63. The minimum absolute atomic E-state index is 0.279. The average Bonchev–Trinajstić information content (AvgIpc) is 2.92. The maximum atomic E-state index is 10.6. The van der Waals surface area contributed by atoms with E-state index in [1.165, 1.54) is 10.2 Å². The molecule has 0 saturated carbocycles. The molecule has 7 nitrogen and oxygen atoms in total. The van der Waals surface area contributed by atoms with Crippen molar-refractivity contribution in [1.82, 2.24) is 15.0 Å². The molecule has 1 N–H and O–H groups in total. The van der Waals surface area contributed by atoms with Gasteiger partial charge in [0.15, 0.2) is 0 Å². The Labute approximate surface area is 129 Å². The highest BCUT2D eigenvalue weighted by molar-refractivity contribution is 7.85. The molecule has 8 heteroatoms. The van der Waals surface area contributed by atoms with Gasteiger partial charge in [0, 0.05) is 6.54 Å². The fraction of sp³-hybridized carbons (Fsp3) is 0.429. The lowest BCUT2D eigenvalue weighted by atomic mass is 10.2. The molecule has 0 radical (unpaired) electrons. The van der Waals surface area contributed by atoms with Crippen molar-refractivity contribution in [2.24, 2.45) is 0 Å². The van der Waals surface area contributed by atoms with Crippen molar-refractivity contribution in [1.29, 1.82) is 0 Å². The van der Waals surface area contributed by atoms with Gasteiger partial charge in [0.1, 0.15) is 18.1 Å². The molecule has 0 aliphatic rings. The minimum Gasteiger partial charge on any atom is -0.487 e. The van der Waals surface area contributed by atoms with Crippen LogP contribution >= 0.6 is 0 Å². The maximum Gasteiger partial charge on any atom is 0.264 e. The Hall–Kier alpha value is -1.93. The Morgan fingerprint density at radius 3 is 2.64 bits per heavy atom. The molecule has 0 aliphatic heterocycles. The van der Waals surface area contributed by atoms with Gasteiger partial charge in [-0.2, -0.15) is 8.42 Å². The van der Waals surface area contributed by atoms with Crippen molar-refractivity contribution in [2.75, 3.05) is 5.75 Å². The van der Waals surface area contributed by atoms with Crippen molar-refractivity contribution in [3.8, 4) is 5.75 Å². The molecule has 0 atom stereocenters. The van der Waals surface area contributed by atoms with E-state index in [4.69, 9.17) is 9.29 Å². The fourth-order valence-corrected chi connectivity index (χ4v) is 2.40. The Morgan fingerprint density at radius 1 is 1.27 bits per heavy atom. The first-order valence-electron chi connectivity index (χ1n) is 7.02. The molecule has 2 aromatic rings. The Balaban J connectivity index is 1.81. The van der Waals surface area contributed by atoms with Crippen molar-refractivity contribution in [3.05, 3.63) is 41.7 Å². The minimum atomic E-state index is -3.93. The third-order valence-electron chi connectivity index (χ3n) is 3.09. The third-order valence-corrected chi connectivity index (χ3v) is 3.90. The SMILES string of the molecule is CCc1ccc(OCc2cn(CCCS(=O)(=O)O)nn2)cc1. The second-order valence-corrected chi connectivity index (χ2v) is 6.47. The first kappa shape index (κ1) is 16.4. The Kier molecular flexibility index (Phi) is 5.51. The van der Waals surface area contributed by atoms with Gasteiger partial charge in [0.2, 0.25) is 0 Å². The van der Waals surface area contributed by atoms with Crippen LogP contribution in [0, 0.1) is 0 Å². The molecule has 0 amide bonds. The molecule has 1 heterocycles. The predicted molar refractivity (Wildman–Crippen MR) is 81.2 cm³/mol. The predicted octanol–water partition coefficient (Wildman–Crippen LogP) is 1.70. The van der Waals surface area contributed by atoms with Gasteiger partial charge in [-0.3, -0.25) is 9.23 Å². The Morgan fingerprint density at radius 2 is 2.00 bits per heavy atom. The largest absolute Gasteiger partial charge is 0.487 e. The fourth-order valence-electron chi connectivity index (χ4n) is 1.90. The van der Waals surface area contributed by atoms with Gasteiger partial charge in [-0.1, -0.05) is 24.3 Å². The van der Waals surface area contributed by atoms with Crippen LogP contribution in [-0.4, -0.2) is 33.7 Å². The van der Waals surface area contributed by atoms with Gasteiger partial charge < -0.3 is 4.74 Å². The summed E-state index contributed by atoms with van der Waals surface area (Å²) in [6.45, 7) is 2.76. The van der Waals surface area contributed by atoms with Gasteiger partial charge in [-0.25, -0.2) is 0 Å². The van der Waals surface area contributed by atoms with E-state index in [2.05, 4.69) is 17.2 Å². The number of nitrogens with zero attached hydrogens (tertiary/aromatic N) is 3. The zero-order chi connectivity index (χ0) is 16.0. The third kappa shape index (κ3) is 5.45. The summed E-state index contributed by atoms with van der Waals surface area (Å²) < 4.78 is 37.0. The van der Waals surface area contributed by atoms with Crippen LogP contribution in [0.2, 0.25) is 0 Å². The van der Waals surface area contributed by atoms with Gasteiger partial charge in [0.25, 0.3) is 10.1 Å². The van der Waals surface area contributed by atoms with Gasteiger partial charge >= 0.3 is 0 Å². The van der Waals surface area contributed by atoms with E-state index in [1.54, 1.807) is 6.20 Å². The molecule has 1 aromatic carbocycles. The van der Waals surface area contributed by atoms with Crippen LogP contribution in [-0.2, 0) is 29.7 Å². The number of hydrogen-bond donors (Lipinski definition) is 1. The summed E-state index contributed by atoms with van der Waals surface area (Å²) in [7, 11) is -3.93. The first-order chi connectivity index (χ1) is 10.5. The molecule has 120 valence electrons.